The van der Waals surface area contributed by atoms with Crippen molar-refractivity contribution in [1.29, 1.82) is 0 Å². The van der Waals surface area contributed by atoms with E-state index in [-0.39, 0.29) is 17.9 Å². The lowest BCUT2D eigenvalue weighted by Crippen LogP contribution is -2.48. The van der Waals surface area contributed by atoms with Crippen molar-refractivity contribution in [2.45, 2.75) is 31.9 Å². The quantitative estimate of drug-likeness (QED) is 0.866. The van der Waals surface area contributed by atoms with Crippen molar-refractivity contribution >= 4 is 6.03 Å². The molecule has 3 heterocycles. The highest BCUT2D eigenvalue weighted by Gasteiger charge is 2.31. The van der Waals surface area contributed by atoms with E-state index >= 15 is 0 Å². The molecule has 27 heavy (non-hydrogen) atoms. The number of rotatable bonds is 2. The number of hydrogen-bond donors (Lipinski definition) is 1. The molecule has 1 saturated heterocycles. The Balaban J connectivity index is 1.46. The Labute approximate surface area is 155 Å². The number of halogens is 1. The van der Waals surface area contributed by atoms with Crippen LogP contribution in [0, 0.1) is 12.7 Å². The minimum absolute atomic E-state index is 0.235. The predicted octanol–water partition coefficient (Wildman–Crippen LogP) is 2.51. The van der Waals surface area contributed by atoms with Crippen molar-refractivity contribution in [3.8, 4) is 5.75 Å². The molecule has 4 rings (SSSR count). The van der Waals surface area contributed by atoms with E-state index in [1.54, 1.807) is 17.9 Å². The highest BCUT2D eigenvalue weighted by molar-refractivity contribution is 5.75. The minimum atomic E-state index is -0.451. The molecule has 2 unspecified atom stereocenters. The Kier molecular flexibility index (Phi) is 4.93. The molecule has 144 valence electrons. The van der Waals surface area contributed by atoms with Crippen LogP contribution in [0.25, 0.3) is 0 Å². The smallest absolute Gasteiger partial charge is 0.318 e. The Morgan fingerprint density at radius 3 is 3.04 bits per heavy atom. The van der Waals surface area contributed by atoms with Crippen LogP contribution in [0.4, 0.5) is 9.18 Å². The van der Waals surface area contributed by atoms with Gasteiger partial charge in [0.25, 0.3) is 0 Å². The molecule has 2 atom stereocenters. The van der Waals surface area contributed by atoms with Crippen LogP contribution in [0.15, 0.2) is 22.6 Å². The van der Waals surface area contributed by atoms with Crippen LogP contribution in [0.1, 0.15) is 42.3 Å². The molecule has 2 aliphatic heterocycles. The summed E-state index contributed by atoms with van der Waals surface area (Å²) in [6.07, 6.45) is 1.00. The Morgan fingerprint density at radius 1 is 1.33 bits per heavy atom. The maximum absolute atomic E-state index is 13.7. The summed E-state index contributed by atoms with van der Waals surface area (Å²) in [7, 11) is 0. The van der Waals surface area contributed by atoms with Gasteiger partial charge in [-0.05, 0) is 31.0 Å². The van der Waals surface area contributed by atoms with Crippen molar-refractivity contribution in [2.75, 3.05) is 26.3 Å². The lowest BCUT2D eigenvalue weighted by Gasteiger charge is -2.32. The van der Waals surface area contributed by atoms with Gasteiger partial charge in [0.1, 0.15) is 11.6 Å². The Morgan fingerprint density at radius 2 is 2.22 bits per heavy atom. The number of carbonyl (C=O) groups is 1. The maximum Gasteiger partial charge on any atom is 0.318 e. The predicted molar refractivity (Wildman–Crippen MR) is 91.7 cm³/mol. The molecule has 2 aliphatic rings. The third-order valence-corrected chi connectivity index (χ3v) is 4.71. The lowest BCUT2D eigenvalue weighted by molar-refractivity contribution is -0.0295. The van der Waals surface area contributed by atoms with Gasteiger partial charge in [-0.1, -0.05) is 0 Å². The van der Waals surface area contributed by atoms with Gasteiger partial charge in [-0.2, -0.15) is 0 Å². The fourth-order valence-corrected chi connectivity index (χ4v) is 3.36. The average Bonchev–Trinajstić information content (AvgIpc) is 3.02. The van der Waals surface area contributed by atoms with Gasteiger partial charge in [-0.25, -0.2) is 9.18 Å². The summed E-state index contributed by atoms with van der Waals surface area (Å²) in [4.78, 5) is 14.5. The van der Waals surface area contributed by atoms with E-state index in [4.69, 9.17) is 13.9 Å². The molecular weight excluding hydrogens is 355 g/mol. The highest BCUT2D eigenvalue weighted by Crippen LogP contribution is 2.32. The third-order valence-electron chi connectivity index (χ3n) is 4.71. The zero-order valence-corrected chi connectivity index (χ0v) is 15.0. The van der Waals surface area contributed by atoms with Crippen LogP contribution in [0.3, 0.4) is 0 Å². The second-order valence-electron chi connectivity index (χ2n) is 6.64. The van der Waals surface area contributed by atoms with Gasteiger partial charge < -0.3 is 24.1 Å². The molecule has 0 bridgehead atoms. The number of urea groups is 1. The number of carbonyl (C=O) groups excluding carboxylic acids is 1. The molecule has 0 spiro atoms. The molecule has 2 aromatic rings. The zero-order chi connectivity index (χ0) is 18.8. The Hall–Kier alpha value is -2.68. The van der Waals surface area contributed by atoms with Crippen LogP contribution in [-0.4, -0.2) is 47.4 Å². The molecule has 2 amide bonds. The number of morpholine rings is 1. The number of nitrogens with one attached hydrogen (secondary N) is 1. The largest absolute Gasteiger partial charge is 0.493 e. The SMILES string of the molecule is Cc1nnc(C2CN(C(=O)NC3CCCOc4ccc(F)cc43)CCO2)o1. The van der Waals surface area contributed by atoms with Crippen LogP contribution in [-0.2, 0) is 4.74 Å². The van der Waals surface area contributed by atoms with Gasteiger partial charge >= 0.3 is 6.03 Å². The third kappa shape index (κ3) is 3.87. The second kappa shape index (κ2) is 7.51. The second-order valence-corrected chi connectivity index (χ2v) is 6.64. The van der Waals surface area contributed by atoms with E-state index in [2.05, 4.69) is 15.5 Å². The van der Waals surface area contributed by atoms with Gasteiger partial charge in [0.15, 0.2) is 6.10 Å². The summed E-state index contributed by atoms with van der Waals surface area (Å²) >= 11 is 0. The molecule has 0 saturated carbocycles. The number of fused-ring (bicyclic) bond motifs is 1. The monoisotopic (exact) mass is 376 g/mol. The molecule has 1 N–H and O–H groups in total. The molecule has 1 aromatic carbocycles. The topological polar surface area (TPSA) is 89.7 Å². The van der Waals surface area contributed by atoms with Crippen molar-refractivity contribution < 1.29 is 23.1 Å². The van der Waals surface area contributed by atoms with Gasteiger partial charge in [-0.15, -0.1) is 10.2 Å². The number of hydrogen-bond acceptors (Lipinski definition) is 6. The van der Waals surface area contributed by atoms with Crippen molar-refractivity contribution in [1.82, 2.24) is 20.4 Å². The summed E-state index contributed by atoms with van der Waals surface area (Å²) < 4.78 is 30.4. The van der Waals surface area contributed by atoms with Crippen LogP contribution < -0.4 is 10.1 Å². The molecular formula is C18H21FN4O4. The van der Waals surface area contributed by atoms with Crippen LogP contribution >= 0.6 is 0 Å². The van der Waals surface area contributed by atoms with Gasteiger partial charge in [0, 0.05) is 19.0 Å². The summed E-state index contributed by atoms with van der Waals surface area (Å²) in [6, 6.07) is 3.86. The van der Waals surface area contributed by atoms with Gasteiger partial charge in [0.2, 0.25) is 11.8 Å². The van der Waals surface area contributed by atoms with E-state index in [1.807, 2.05) is 0 Å². The number of aryl methyl sites for hydroxylation is 1. The molecule has 0 aliphatic carbocycles. The van der Waals surface area contributed by atoms with E-state index in [1.165, 1.54) is 12.1 Å². The summed E-state index contributed by atoms with van der Waals surface area (Å²) in [5.41, 5.74) is 0.665. The number of ether oxygens (including phenoxy) is 2. The molecule has 0 radical (unpaired) electrons. The van der Waals surface area contributed by atoms with Crippen molar-refractivity contribution in [2.24, 2.45) is 0 Å². The first-order valence-corrected chi connectivity index (χ1v) is 8.99. The highest BCUT2D eigenvalue weighted by atomic mass is 19.1. The first-order valence-electron chi connectivity index (χ1n) is 8.99. The van der Waals surface area contributed by atoms with Crippen molar-refractivity contribution in [3.63, 3.8) is 0 Å². The summed E-state index contributed by atoms with van der Waals surface area (Å²) in [5, 5.41) is 10.8. The van der Waals surface area contributed by atoms with E-state index in [0.29, 0.717) is 55.8 Å². The molecule has 1 fully saturated rings. The molecule has 1 aromatic heterocycles. The standard InChI is InChI=1S/C18H21FN4O4/c1-11-21-22-17(27-11)16-10-23(6-8-26-16)18(24)20-14-3-2-7-25-15-5-4-12(19)9-13(14)15/h4-5,9,14,16H,2-3,6-8,10H2,1H3,(H,20,24). The first-order chi connectivity index (χ1) is 13.1. The summed E-state index contributed by atoms with van der Waals surface area (Å²) in [5.74, 6) is 1.07. The minimum Gasteiger partial charge on any atom is -0.493 e. The average molecular weight is 376 g/mol. The fourth-order valence-electron chi connectivity index (χ4n) is 3.36. The van der Waals surface area contributed by atoms with E-state index < -0.39 is 6.10 Å². The van der Waals surface area contributed by atoms with Crippen LogP contribution in [0.2, 0.25) is 0 Å². The molecule has 9 heteroatoms. The van der Waals surface area contributed by atoms with Gasteiger partial charge in [0.05, 0.1) is 25.8 Å². The van der Waals surface area contributed by atoms with Crippen LogP contribution in [0.5, 0.6) is 5.75 Å². The number of nitrogens with zero attached hydrogens (tertiary/aromatic N) is 3. The Bertz CT molecular complexity index is 827. The van der Waals surface area contributed by atoms with Gasteiger partial charge in [-0.3, -0.25) is 0 Å². The molecule has 8 nitrogen and oxygen atoms in total. The number of benzene rings is 1. The van der Waals surface area contributed by atoms with E-state index in [0.717, 1.165) is 6.42 Å². The summed E-state index contributed by atoms with van der Waals surface area (Å²) in [6.45, 7) is 3.38. The zero-order valence-electron chi connectivity index (χ0n) is 15.0. The lowest BCUT2D eigenvalue weighted by atomic mass is 10.0. The van der Waals surface area contributed by atoms with E-state index in [9.17, 15) is 9.18 Å². The first kappa shape index (κ1) is 17.7. The fraction of sp³-hybridized carbons (Fsp3) is 0.500. The normalized spacial score (nSPS) is 22.5. The maximum atomic E-state index is 13.7. The van der Waals surface area contributed by atoms with Crippen molar-refractivity contribution in [3.05, 3.63) is 41.4 Å². The number of aromatic nitrogens is 2. The number of amides is 2.